The highest BCUT2D eigenvalue weighted by atomic mass is 16.6. The van der Waals surface area contributed by atoms with E-state index in [4.69, 9.17) is 9.47 Å². The summed E-state index contributed by atoms with van der Waals surface area (Å²) < 4.78 is 12.0. The van der Waals surface area contributed by atoms with Crippen LogP contribution in [0.5, 0.6) is 0 Å². The Kier molecular flexibility index (Phi) is 5.81. The molecule has 6 nitrogen and oxygen atoms in total. The summed E-state index contributed by atoms with van der Waals surface area (Å²) in [6.07, 6.45) is 2.10. The molecule has 0 radical (unpaired) electrons. The van der Waals surface area contributed by atoms with Crippen LogP contribution in [0, 0.1) is 11.3 Å². The van der Waals surface area contributed by atoms with Crippen LogP contribution in [0.2, 0.25) is 0 Å². The van der Waals surface area contributed by atoms with Crippen LogP contribution >= 0.6 is 0 Å². The predicted octanol–water partition coefficient (Wildman–Crippen LogP) is 4.33. The number of hydrogen-bond donors (Lipinski definition) is 2. The number of aliphatic hydroxyl groups is 2. The number of aliphatic hydroxyl groups excluding tert-OH is 1. The van der Waals surface area contributed by atoms with Gasteiger partial charge in [-0.2, -0.15) is 0 Å². The largest absolute Gasteiger partial charge is 0.507 e. The standard InChI is InChI=1S/C25H36O6/c1-13(2)9-10-25-12-17(23(5,6)29)30-22(25)15(11-16-24(7,8)31-16)20(27)18(21(25)28)19(26)14(3)4/h9,14,16-17,27,29H,10-12H2,1-8H3. The first-order valence-corrected chi connectivity index (χ1v) is 11.1. The van der Waals surface area contributed by atoms with Crippen molar-refractivity contribution in [3.05, 3.63) is 34.3 Å². The minimum absolute atomic E-state index is 0.144. The third kappa shape index (κ3) is 4.12. The van der Waals surface area contributed by atoms with E-state index in [1.807, 2.05) is 33.8 Å². The van der Waals surface area contributed by atoms with Crippen molar-refractivity contribution < 1.29 is 29.3 Å². The van der Waals surface area contributed by atoms with E-state index in [1.165, 1.54) is 0 Å². The quantitative estimate of drug-likeness (QED) is 0.353. The van der Waals surface area contributed by atoms with Gasteiger partial charge in [-0.1, -0.05) is 25.5 Å². The Morgan fingerprint density at radius 3 is 2.32 bits per heavy atom. The lowest BCUT2D eigenvalue weighted by Crippen LogP contribution is -2.41. The summed E-state index contributed by atoms with van der Waals surface area (Å²) in [5.41, 5.74) is -1.31. The second-order valence-corrected chi connectivity index (χ2v) is 10.8. The van der Waals surface area contributed by atoms with Crippen LogP contribution in [-0.4, -0.2) is 45.2 Å². The van der Waals surface area contributed by atoms with Crippen LogP contribution < -0.4 is 0 Å². The Morgan fingerprint density at radius 1 is 1.29 bits per heavy atom. The molecule has 0 aromatic heterocycles. The monoisotopic (exact) mass is 432 g/mol. The van der Waals surface area contributed by atoms with Crippen molar-refractivity contribution in [2.75, 3.05) is 0 Å². The zero-order valence-corrected chi connectivity index (χ0v) is 20.0. The summed E-state index contributed by atoms with van der Waals surface area (Å²) in [6.45, 7) is 14.6. The van der Waals surface area contributed by atoms with Crippen molar-refractivity contribution in [2.24, 2.45) is 11.3 Å². The van der Waals surface area contributed by atoms with Gasteiger partial charge in [0.25, 0.3) is 0 Å². The molecule has 0 amide bonds. The van der Waals surface area contributed by atoms with Crippen molar-refractivity contribution in [3.8, 4) is 0 Å². The Balaban J connectivity index is 2.22. The van der Waals surface area contributed by atoms with E-state index >= 15 is 0 Å². The summed E-state index contributed by atoms with van der Waals surface area (Å²) in [7, 11) is 0. The Bertz CT molecular complexity index is 891. The molecule has 0 spiro atoms. The molecule has 0 saturated carbocycles. The summed E-state index contributed by atoms with van der Waals surface area (Å²) >= 11 is 0. The topological polar surface area (TPSA) is 96.4 Å². The molecule has 3 unspecified atom stereocenters. The number of rotatable bonds is 7. The zero-order chi connectivity index (χ0) is 23.5. The van der Waals surface area contributed by atoms with Crippen LogP contribution in [-0.2, 0) is 19.1 Å². The van der Waals surface area contributed by atoms with Crippen LogP contribution in [0.3, 0.4) is 0 Å². The molecule has 3 rings (SSSR count). The van der Waals surface area contributed by atoms with E-state index in [2.05, 4.69) is 0 Å². The average molecular weight is 433 g/mol. The number of allylic oxidation sites excluding steroid dienone is 5. The molecule has 2 aliphatic heterocycles. The minimum atomic E-state index is -1.19. The Hall–Kier alpha value is -1.92. The fraction of sp³-hybridized carbons (Fsp3) is 0.680. The van der Waals surface area contributed by atoms with Crippen LogP contribution in [0.1, 0.15) is 74.7 Å². The SMILES string of the molecule is CC(C)=CCC12CC(C(C)(C)O)OC1=C(CC1OC1(C)C)C(O)=C(C(=O)C(C)C)C2=O. The molecule has 2 N–H and O–H groups in total. The molecule has 1 aliphatic carbocycles. The average Bonchev–Trinajstić information content (AvgIpc) is 3.05. The highest BCUT2D eigenvalue weighted by Gasteiger charge is 2.60. The minimum Gasteiger partial charge on any atom is -0.507 e. The summed E-state index contributed by atoms with van der Waals surface area (Å²) in [6, 6.07) is 0. The molecule has 0 aromatic carbocycles. The Labute approximate surface area is 185 Å². The van der Waals surface area contributed by atoms with Crippen molar-refractivity contribution in [3.63, 3.8) is 0 Å². The number of carbonyl (C=O) groups is 2. The van der Waals surface area contributed by atoms with Gasteiger partial charge in [-0.25, -0.2) is 0 Å². The zero-order valence-electron chi connectivity index (χ0n) is 20.0. The van der Waals surface area contributed by atoms with Crippen LogP contribution in [0.25, 0.3) is 0 Å². The number of Topliss-reactive ketones (excluding diaryl/α,β-unsaturated/α-hetero) is 2. The molecule has 3 aliphatic rings. The number of hydrogen-bond acceptors (Lipinski definition) is 6. The van der Waals surface area contributed by atoms with E-state index in [9.17, 15) is 19.8 Å². The molecule has 0 bridgehead atoms. The maximum atomic E-state index is 13.8. The van der Waals surface area contributed by atoms with Gasteiger partial charge in [0.05, 0.1) is 22.7 Å². The van der Waals surface area contributed by atoms with Crippen LogP contribution in [0.15, 0.2) is 34.3 Å². The normalized spacial score (nSPS) is 29.8. The number of carbonyl (C=O) groups excluding carboxylic acids is 2. The predicted molar refractivity (Wildman–Crippen MR) is 117 cm³/mol. The third-order valence-corrected chi connectivity index (χ3v) is 6.66. The van der Waals surface area contributed by atoms with Gasteiger partial charge >= 0.3 is 0 Å². The summed E-state index contributed by atoms with van der Waals surface area (Å²) in [4.78, 5) is 26.9. The lowest BCUT2D eigenvalue weighted by Gasteiger charge is -2.33. The van der Waals surface area contributed by atoms with E-state index in [0.717, 1.165) is 5.57 Å². The molecule has 0 aromatic rings. The lowest BCUT2D eigenvalue weighted by atomic mass is 9.66. The highest BCUT2D eigenvalue weighted by Crippen LogP contribution is 2.56. The van der Waals surface area contributed by atoms with E-state index in [0.29, 0.717) is 24.2 Å². The summed E-state index contributed by atoms with van der Waals surface area (Å²) in [5.74, 6) is -1.15. The second kappa shape index (κ2) is 7.59. The fourth-order valence-corrected chi connectivity index (χ4v) is 4.42. The van der Waals surface area contributed by atoms with Crippen molar-refractivity contribution in [1.82, 2.24) is 0 Å². The number of ether oxygens (including phenoxy) is 2. The molecule has 2 heterocycles. The van der Waals surface area contributed by atoms with Gasteiger partial charge in [-0.3, -0.25) is 9.59 Å². The lowest BCUT2D eigenvalue weighted by molar-refractivity contribution is -0.128. The number of ketones is 2. The maximum Gasteiger partial charge on any atom is 0.184 e. The van der Waals surface area contributed by atoms with Crippen molar-refractivity contribution in [1.29, 1.82) is 0 Å². The van der Waals surface area contributed by atoms with Gasteiger partial charge in [0.2, 0.25) is 0 Å². The van der Waals surface area contributed by atoms with E-state index < -0.39 is 28.8 Å². The molecule has 31 heavy (non-hydrogen) atoms. The Morgan fingerprint density at radius 2 is 1.87 bits per heavy atom. The number of epoxide rings is 1. The first kappa shape index (κ1) is 23.7. The number of fused-ring (bicyclic) bond motifs is 1. The van der Waals surface area contributed by atoms with E-state index in [1.54, 1.807) is 27.7 Å². The third-order valence-electron chi connectivity index (χ3n) is 6.66. The van der Waals surface area contributed by atoms with Gasteiger partial charge in [0.1, 0.15) is 23.2 Å². The molecule has 172 valence electrons. The van der Waals surface area contributed by atoms with Gasteiger partial charge in [-0.05, 0) is 48.0 Å². The molecule has 3 atom stereocenters. The van der Waals surface area contributed by atoms with Gasteiger partial charge < -0.3 is 19.7 Å². The first-order valence-electron chi connectivity index (χ1n) is 11.1. The molecule has 2 saturated heterocycles. The summed E-state index contributed by atoms with van der Waals surface area (Å²) in [5, 5.41) is 21.9. The van der Waals surface area contributed by atoms with Gasteiger partial charge in [0.15, 0.2) is 11.6 Å². The van der Waals surface area contributed by atoms with Crippen LogP contribution in [0.4, 0.5) is 0 Å². The van der Waals surface area contributed by atoms with Crippen molar-refractivity contribution in [2.45, 2.75) is 98.1 Å². The fourth-order valence-electron chi connectivity index (χ4n) is 4.42. The first-order chi connectivity index (χ1) is 14.1. The van der Waals surface area contributed by atoms with Gasteiger partial charge in [-0.15, -0.1) is 0 Å². The van der Waals surface area contributed by atoms with Gasteiger partial charge in [0, 0.05) is 24.3 Å². The maximum absolute atomic E-state index is 13.8. The molecule has 2 fully saturated rings. The molecule has 6 heteroatoms. The smallest absolute Gasteiger partial charge is 0.184 e. The van der Waals surface area contributed by atoms with E-state index in [-0.39, 0.29) is 35.2 Å². The van der Waals surface area contributed by atoms with Crippen molar-refractivity contribution >= 4 is 11.6 Å². The second-order valence-electron chi connectivity index (χ2n) is 10.8. The molecular weight excluding hydrogens is 396 g/mol. The highest BCUT2D eigenvalue weighted by molar-refractivity contribution is 6.25. The molecular formula is C25H36O6.